The number of halogens is 1. The highest BCUT2D eigenvalue weighted by Crippen LogP contribution is 2.23. The van der Waals surface area contributed by atoms with Crippen LogP contribution >= 0.6 is 11.6 Å². The molecule has 1 aromatic carbocycles. The second kappa shape index (κ2) is 4.15. The SMILES string of the molecule is C[Si](C)(C)Oc1ccc(C=O)c(Cl)c1. The quantitative estimate of drug-likeness (QED) is 0.586. The Balaban J connectivity index is 2.92. The molecule has 0 unspecified atom stereocenters. The Morgan fingerprint density at radius 3 is 2.43 bits per heavy atom. The largest absolute Gasteiger partial charge is 0.544 e. The second-order valence-corrected chi connectivity index (χ2v) is 8.85. The van der Waals surface area contributed by atoms with Crippen LogP contribution < -0.4 is 4.43 Å². The third-order valence-electron chi connectivity index (χ3n) is 1.52. The van der Waals surface area contributed by atoms with Gasteiger partial charge in [0.25, 0.3) is 0 Å². The van der Waals surface area contributed by atoms with Gasteiger partial charge in [0.15, 0.2) is 6.29 Å². The van der Waals surface area contributed by atoms with Gasteiger partial charge in [-0.3, -0.25) is 4.79 Å². The molecule has 0 heterocycles. The Hall–Kier alpha value is -0.803. The smallest absolute Gasteiger partial charge is 0.242 e. The zero-order valence-corrected chi connectivity index (χ0v) is 10.3. The standard InChI is InChI=1S/C10H13ClO2Si/c1-14(2,3)13-9-5-4-8(7-12)10(11)6-9/h4-7H,1-3H3. The van der Waals surface area contributed by atoms with Crippen molar-refractivity contribution in [1.29, 1.82) is 0 Å². The molecule has 0 aromatic heterocycles. The fraction of sp³-hybridized carbons (Fsp3) is 0.300. The van der Waals surface area contributed by atoms with Gasteiger partial charge in [-0.2, -0.15) is 0 Å². The lowest BCUT2D eigenvalue weighted by atomic mass is 10.2. The van der Waals surface area contributed by atoms with Crippen LogP contribution in [0, 0.1) is 0 Å². The molecule has 76 valence electrons. The molecule has 0 aliphatic carbocycles. The van der Waals surface area contributed by atoms with Crippen LogP contribution in [0.1, 0.15) is 10.4 Å². The number of carbonyl (C=O) groups is 1. The first kappa shape index (κ1) is 11.3. The van der Waals surface area contributed by atoms with Crippen LogP contribution in [0.2, 0.25) is 24.7 Å². The van der Waals surface area contributed by atoms with E-state index in [1.165, 1.54) is 0 Å². The van der Waals surface area contributed by atoms with Crippen LogP contribution in [0.3, 0.4) is 0 Å². The minimum atomic E-state index is -1.60. The molecule has 2 nitrogen and oxygen atoms in total. The maximum atomic E-state index is 10.5. The number of hydrogen-bond donors (Lipinski definition) is 0. The monoisotopic (exact) mass is 228 g/mol. The lowest BCUT2D eigenvalue weighted by molar-refractivity contribution is 0.112. The van der Waals surface area contributed by atoms with E-state index in [0.717, 1.165) is 12.0 Å². The predicted octanol–water partition coefficient (Wildman–Crippen LogP) is 3.37. The van der Waals surface area contributed by atoms with Crippen molar-refractivity contribution >= 4 is 26.2 Å². The molecule has 4 heteroatoms. The van der Waals surface area contributed by atoms with Crippen molar-refractivity contribution < 1.29 is 9.22 Å². The van der Waals surface area contributed by atoms with Gasteiger partial charge in [0.2, 0.25) is 8.32 Å². The van der Waals surface area contributed by atoms with Crippen molar-refractivity contribution in [1.82, 2.24) is 0 Å². The first-order valence-corrected chi connectivity index (χ1v) is 8.15. The normalized spacial score (nSPS) is 11.1. The van der Waals surface area contributed by atoms with Gasteiger partial charge in [-0.1, -0.05) is 11.6 Å². The molecule has 0 amide bonds. The summed E-state index contributed by atoms with van der Waals surface area (Å²) in [7, 11) is -1.60. The lowest BCUT2D eigenvalue weighted by Crippen LogP contribution is -2.29. The zero-order chi connectivity index (χ0) is 10.8. The third kappa shape index (κ3) is 3.16. The van der Waals surface area contributed by atoms with Gasteiger partial charge in [-0.15, -0.1) is 0 Å². The maximum Gasteiger partial charge on any atom is 0.242 e. The van der Waals surface area contributed by atoms with Gasteiger partial charge in [0, 0.05) is 5.56 Å². The maximum absolute atomic E-state index is 10.5. The van der Waals surface area contributed by atoms with E-state index < -0.39 is 8.32 Å². The summed E-state index contributed by atoms with van der Waals surface area (Å²) in [6.07, 6.45) is 0.737. The van der Waals surface area contributed by atoms with Crippen molar-refractivity contribution in [3.63, 3.8) is 0 Å². The van der Waals surface area contributed by atoms with Crippen LogP contribution in [0.15, 0.2) is 18.2 Å². The Morgan fingerprint density at radius 1 is 1.36 bits per heavy atom. The van der Waals surface area contributed by atoms with E-state index in [4.69, 9.17) is 16.0 Å². The number of carbonyl (C=O) groups excluding carboxylic acids is 1. The van der Waals surface area contributed by atoms with E-state index in [1.54, 1.807) is 18.2 Å². The molecule has 0 bridgehead atoms. The third-order valence-corrected chi connectivity index (χ3v) is 2.70. The fourth-order valence-electron chi connectivity index (χ4n) is 1.02. The minimum absolute atomic E-state index is 0.441. The molecular formula is C10H13ClO2Si. The topological polar surface area (TPSA) is 26.3 Å². The van der Waals surface area contributed by atoms with E-state index in [-0.39, 0.29) is 0 Å². The summed E-state index contributed by atoms with van der Waals surface area (Å²) in [6.45, 7) is 6.28. The number of hydrogen-bond acceptors (Lipinski definition) is 2. The molecule has 0 spiro atoms. The summed E-state index contributed by atoms with van der Waals surface area (Å²) >= 11 is 5.86. The van der Waals surface area contributed by atoms with Crippen LogP contribution in [0.4, 0.5) is 0 Å². The molecule has 0 fully saturated rings. The Morgan fingerprint density at radius 2 is 2.00 bits per heavy atom. The average molecular weight is 229 g/mol. The summed E-state index contributed by atoms with van der Waals surface area (Å²) in [5, 5.41) is 0.441. The minimum Gasteiger partial charge on any atom is -0.544 e. The zero-order valence-electron chi connectivity index (χ0n) is 8.50. The highest BCUT2D eigenvalue weighted by Gasteiger charge is 2.16. The first-order chi connectivity index (χ1) is 6.42. The summed E-state index contributed by atoms with van der Waals surface area (Å²) in [5.74, 6) is 0.736. The molecule has 1 aromatic rings. The molecule has 0 aliphatic heterocycles. The van der Waals surface area contributed by atoms with Gasteiger partial charge >= 0.3 is 0 Å². The molecule has 1 rings (SSSR count). The molecule has 14 heavy (non-hydrogen) atoms. The van der Waals surface area contributed by atoms with E-state index in [1.807, 2.05) is 0 Å². The number of benzene rings is 1. The predicted molar refractivity (Wildman–Crippen MR) is 60.8 cm³/mol. The summed E-state index contributed by atoms with van der Waals surface area (Å²) in [4.78, 5) is 10.5. The van der Waals surface area contributed by atoms with E-state index in [9.17, 15) is 4.79 Å². The van der Waals surface area contributed by atoms with Crippen LogP contribution in [0.25, 0.3) is 0 Å². The average Bonchev–Trinajstić information content (AvgIpc) is 2.01. The first-order valence-electron chi connectivity index (χ1n) is 4.36. The second-order valence-electron chi connectivity index (χ2n) is 4.02. The van der Waals surface area contributed by atoms with Gasteiger partial charge in [-0.25, -0.2) is 0 Å². The number of aldehydes is 1. The molecular weight excluding hydrogens is 216 g/mol. The van der Waals surface area contributed by atoms with Crippen LogP contribution in [-0.4, -0.2) is 14.6 Å². The molecule has 0 aliphatic rings. The van der Waals surface area contributed by atoms with Gasteiger partial charge in [0.1, 0.15) is 5.75 Å². The molecule has 0 radical (unpaired) electrons. The van der Waals surface area contributed by atoms with Gasteiger partial charge in [-0.05, 0) is 37.8 Å². The van der Waals surface area contributed by atoms with Crippen LogP contribution in [0.5, 0.6) is 5.75 Å². The summed E-state index contributed by atoms with van der Waals surface area (Å²) < 4.78 is 5.72. The van der Waals surface area contributed by atoms with Crippen molar-refractivity contribution in [2.24, 2.45) is 0 Å². The van der Waals surface area contributed by atoms with Gasteiger partial charge < -0.3 is 4.43 Å². The molecule has 0 saturated carbocycles. The lowest BCUT2D eigenvalue weighted by Gasteiger charge is -2.19. The highest BCUT2D eigenvalue weighted by molar-refractivity contribution is 6.70. The molecule has 0 atom stereocenters. The molecule has 0 N–H and O–H groups in total. The van der Waals surface area contributed by atoms with E-state index in [2.05, 4.69) is 19.6 Å². The Bertz CT molecular complexity index is 344. The van der Waals surface area contributed by atoms with Crippen molar-refractivity contribution in [3.05, 3.63) is 28.8 Å². The van der Waals surface area contributed by atoms with E-state index in [0.29, 0.717) is 10.6 Å². The Kier molecular flexibility index (Phi) is 3.34. The Labute approximate surface area is 90.0 Å². The summed E-state index contributed by atoms with van der Waals surface area (Å²) in [6, 6.07) is 5.13. The fourth-order valence-corrected chi connectivity index (χ4v) is 2.07. The van der Waals surface area contributed by atoms with Gasteiger partial charge in [0.05, 0.1) is 5.02 Å². The summed E-state index contributed by atoms with van der Waals surface area (Å²) in [5.41, 5.74) is 0.495. The van der Waals surface area contributed by atoms with E-state index >= 15 is 0 Å². The van der Waals surface area contributed by atoms with Crippen LogP contribution in [-0.2, 0) is 0 Å². The van der Waals surface area contributed by atoms with Crippen molar-refractivity contribution in [2.75, 3.05) is 0 Å². The van der Waals surface area contributed by atoms with Crippen molar-refractivity contribution in [3.8, 4) is 5.75 Å². The molecule has 0 saturated heterocycles. The number of rotatable bonds is 3. The highest BCUT2D eigenvalue weighted by atomic mass is 35.5. The van der Waals surface area contributed by atoms with Crippen molar-refractivity contribution in [2.45, 2.75) is 19.6 Å².